The van der Waals surface area contributed by atoms with E-state index < -0.39 is 10.0 Å². The minimum absolute atomic E-state index is 0.205. The number of nitrogens with zero attached hydrogens (tertiary/aromatic N) is 2. The number of rotatable bonds is 3. The van der Waals surface area contributed by atoms with Crippen molar-refractivity contribution in [3.63, 3.8) is 0 Å². The van der Waals surface area contributed by atoms with Gasteiger partial charge in [0.2, 0.25) is 0 Å². The largest absolute Gasteiger partial charge is 0.332 e. The monoisotopic (exact) mass is 321 g/mol. The van der Waals surface area contributed by atoms with Crippen LogP contribution in [0.5, 0.6) is 0 Å². The Morgan fingerprint density at radius 1 is 1.65 bits per heavy atom. The van der Waals surface area contributed by atoms with Crippen molar-refractivity contribution in [2.45, 2.75) is 36.0 Å². The standard InChI is InChI=1S/C10H16BrN3O2S/c1-2-9-12-6-10(13-9)17(15,16)14-5-3-4-8(11)7-14/h6,8H,2-5,7H2,1H3,(H,12,13). The summed E-state index contributed by atoms with van der Waals surface area (Å²) in [5.74, 6) is 0.705. The van der Waals surface area contributed by atoms with Crippen molar-refractivity contribution in [1.29, 1.82) is 0 Å². The highest BCUT2D eigenvalue weighted by molar-refractivity contribution is 9.09. The number of aryl methyl sites for hydroxylation is 1. The number of nitrogens with one attached hydrogen (secondary N) is 1. The molecule has 1 atom stereocenters. The van der Waals surface area contributed by atoms with Gasteiger partial charge in [0.15, 0.2) is 5.03 Å². The fraction of sp³-hybridized carbons (Fsp3) is 0.700. The van der Waals surface area contributed by atoms with E-state index in [0.29, 0.717) is 25.3 Å². The second-order valence-electron chi connectivity index (χ2n) is 4.15. The van der Waals surface area contributed by atoms with Gasteiger partial charge in [-0.1, -0.05) is 22.9 Å². The lowest BCUT2D eigenvalue weighted by atomic mass is 10.2. The molecule has 1 unspecified atom stereocenters. The van der Waals surface area contributed by atoms with Crippen molar-refractivity contribution < 1.29 is 8.42 Å². The molecule has 2 rings (SSSR count). The van der Waals surface area contributed by atoms with E-state index in [1.807, 2.05) is 6.92 Å². The molecule has 0 radical (unpaired) electrons. The second kappa shape index (κ2) is 5.07. The molecular formula is C10H16BrN3O2S. The number of hydrogen-bond acceptors (Lipinski definition) is 3. The third-order valence-electron chi connectivity index (χ3n) is 2.88. The molecule has 1 fully saturated rings. The molecular weight excluding hydrogens is 306 g/mol. The molecule has 1 N–H and O–H groups in total. The maximum absolute atomic E-state index is 12.3. The topological polar surface area (TPSA) is 66.1 Å². The minimum atomic E-state index is -3.40. The lowest BCUT2D eigenvalue weighted by Gasteiger charge is -2.28. The van der Waals surface area contributed by atoms with Crippen molar-refractivity contribution in [1.82, 2.24) is 14.3 Å². The Hall–Kier alpha value is -0.400. The van der Waals surface area contributed by atoms with Crippen molar-refractivity contribution in [3.05, 3.63) is 12.0 Å². The molecule has 0 aliphatic carbocycles. The van der Waals surface area contributed by atoms with Crippen molar-refractivity contribution in [2.75, 3.05) is 13.1 Å². The third kappa shape index (κ3) is 2.71. The van der Waals surface area contributed by atoms with Crippen LogP contribution in [0.15, 0.2) is 11.2 Å². The van der Waals surface area contributed by atoms with Gasteiger partial charge in [0.05, 0.1) is 6.20 Å². The summed E-state index contributed by atoms with van der Waals surface area (Å²) in [5, 5.41) is 0.205. The van der Waals surface area contributed by atoms with Gasteiger partial charge in [-0.2, -0.15) is 4.31 Å². The lowest BCUT2D eigenvalue weighted by Crippen LogP contribution is -2.40. The van der Waals surface area contributed by atoms with Gasteiger partial charge in [-0.05, 0) is 12.8 Å². The smallest absolute Gasteiger partial charge is 0.260 e. The van der Waals surface area contributed by atoms with Crippen LogP contribution in [0, 0.1) is 0 Å². The number of imidazole rings is 1. The summed E-state index contributed by atoms with van der Waals surface area (Å²) in [5.41, 5.74) is 0. The number of aromatic amines is 1. The SMILES string of the molecule is CCc1ncc(S(=O)(=O)N2CCCC(Br)C2)[nH]1. The van der Waals surface area contributed by atoms with Crippen LogP contribution in [0.25, 0.3) is 0 Å². The Morgan fingerprint density at radius 3 is 3.00 bits per heavy atom. The van der Waals surface area contributed by atoms with Crippen LogP contribution < -0.4 is 0 Å². The number of hydrogen-bond donors (Lipinski definition) is 1. The van der Waals surface area contributed by atoms with Gasteiger partial charge in [-0.25, -0.2) is 13.4 Å². The van der Waals surface area contributed by atoms with Crippen molar-refractivity contribution >= 4 is 26.0 Å². The van der Waals surface area contributed by atoms with Crippen LogP contribution in [0.1, 0.15) is 25.6 Å². The highest BCUT2D eigenvalue weighted by Gasteiger charge is 2.30. The number of sulfonamides is 1. The van der Waals surface area contributed by atoms with Gasteiger partial charge < -0.3 is 4.98 Å². The number of H-pyrrole nitrogens is 1. The first kappa shape index (κ1) is 13.0. The summed E-state index contributed by atoms with van der Waals surface area (Å²) < 4.78 is 26.1. The fourth-order valence-corrected chi connectivity index (χ4v) is 4.23. The van der Waals surface area contributed by atoms with Gasteiger partial charge in [0.25, 0.3) is 10.0 Å². The van der Waals surface area contributed by atoms with Crippen LogP contribution in [-0.2, 0) is 16.4 Å². The van der Waals surface area contributed by atoms with E-state index in [0.717, 1.165) is 12.8 Å². The van der Waals surface area contributed by atoms with E-state index in [1.165, 1.54) is 10.5 Å². The summed E-state index contributed by atoms with van der Waals surface area (Å²) in [6.07, 6.45) is 4.03. The Labute approximate surface area is 110 Å². The minimum Gasteiger partial charge on any atom is -0.332 e. The first-order valence-corrected chi connectivity index (χ1v) is 8.07. The van der Waals surface area contributed by atoms with E-state index in [9.17, 15) is 8.42 Å². The molecule has 7 heteroatoms. The Morgan fingerprint density at radius 2 is 2.41 bits per heavy atom. The van der Waals surface area contributed by atoms with Crippen molar-refractivity contribution in [3.8, 4) is 0 Å². The average molecular weight is 322 g/mol. The first-order chi connectivity index (χ1) is 8.04. The first-order valence-electron chi connectivity index (χ1n) is 5.72. The normalized spacial score (nSPS) is 22.8. The van der Waals surface area contributed by atoms with Gasteiger partial charge in [0.1, 0.15) is 5.82 Å². The molecule has 96 valence electrons. The van der Waals surface area contributed by atoms with E-state index in [-0.39, 0.29) is 9.85 Å². The Bertz CT molecular complexity index is 485. The van der Waals surface area contributed by atoms with Gasteiger partial charge in [0, 0.05) is 24.3 Å². The molecule has 1 aromatic heterocycles. The molecule has 2 heterocycles. The molecule has 17 heavy (non-hydrogen) atoms. The summed E-state index contributed by atoms with van der Waals surface area (Å²) in [6, 6.07) is 0. The van der Waals surface area contributed by atoms with Gasteiger partial charge in [-0.3, -0.25) is 0 Å². The molecule has 0 spiro atoms. The number of alkyl halides is 1. The maximum atomic E-state index is 12.3. The molecule has 5 nitrogen and oxygen atoms in total. The van der Waals surface area contributed by atoms with Gasteiger partial charge >= 0.3 is 0 Å². The average Bonchev–Trinajstić information content (AvgIpc) is 2.78. The Balaban J connectivity index is 2.23. The molecule has 1 saturated heterocycles. The summed E-state index contributed by atoms with van der Waals surface area (Å²) in [4.78, 5) is 7.15. The maximum Gasteiger partial charge on any atom is 0.260 e. The number of aromatic nitrogens is 2. The van der Waals surface area contributed by atoms with Crippen LogP contribution in [0.3, 0.4) is 0 Å². The molecule has 0 amide bonds. The van der Waals surface area contributed by atoms with E-state index in [4.69, 9.17) is 0 Å². The summed E-state index contributed by atoms with van der Waals surface area (Å²) in [7, 11) is -3.40. The molecule has 0 saturated carbocycles. The van der Waals surface area contributed by atoms with E-state index >= 15 is 0 Å². The lowest BCUT2D eigenvalue weighted by molar-refractivity contribution is 0.355. The molecule has 1 aromatic rings. The number of halogens is 1. The van der Waals surface area contributed by atoms with E-state index in [2.05, 4.69) is 25.9 Å². The molecule has 1 aliphatic heterocycles. The van der Waals surface area contributed by atoms with E-state index in [1.54, 1.807) is 0 Å². The molecule has 0 bridgehead atoms. The van der Waals surface area contributed by atoms with Crippen LogP contribution in [-0.4, -0.2) is 40.6 Å². The summed E-state index contributed by atoms with van der Waals surface area (Å²) >= 11 is 3.48. The third-order valence-corrected chi connectivity index (χ3v) is 5.41. The van der Waals surface area contributed by atoms with Gasteiger partial charge in [-0.15, -0.1) is 0 Å². The Kier molecular flexibility index (Phi) is 3.89. The molecule has 0 aromatic carbocycles. The highest BCUT2D eigenvalue weighted by atomic mass is 79.9. The molecule has 1 aliphatic rings. The zero-order valence-electron chi connectivity index (χ0n) is 9.69. The number of piperidine rings is 1. The van der Waals surface area contributed by atoms with Crippen LogP contribution in [0.4, 0.5) is 0 Å². The zero-order chi connectivity index (χ0) is 12.5. The van der Waals surface area contributed by atoms with Crippen LogP contribution >= 0.6 is 15.9 Å². The predicted molar refractivity (Wildman–Crippen MR) is 68.7 cm³/mol. The fourth-order valence-electron chi connectivity index (χ4n) is 1.90. The summed E-state index contributed by atoms with van der Waals surface area (Å²) in [6.45, 7) is 3.05. The van der Waals surface area contributed by atoms with Crippen molar-refractivity contribution in [2.24, 2.45) is 0 Å². The predicted octanol–water partition coefficient (Wildman–Crippen LogP) is 1.52. The van der Waals surface area contributed by atoms with Crippen LogP contribution in [0.2, 0.25) is 0 Å². The quantitative estimate of drug-likeness (QED) is 0.858. The second-order valence-corrected chi connectivity index (χ2v) is 7.35. The zero-order valence-corrected chi connectivity index (χ0v) is 12.1. The highest BCUT2D eigenvalue weighted by Crippen LogP contribution is 2.22.